The number of thioether (sulfide) groups is 1. The molecular formula is C27H21NO2S2. The summed E-state index contributed by atoms with van der Waals surface area (Å²) < 4.78 is 6.38. The molecule has 0 bridgehead atoms. The lowest BCUT2D eigenvalue weighted by atomic mass is 9.80. The number of carbonyl (C=O) groups excluding carboxylic acids is 1. The lowest BCUT2D eigenvalue weighted by molar-refractivity contribution is -0.137. The summed E-state index contributed by atoms with van der Waals surface area (Å²) >= 11 is 7.15. The first-order valence-electron chi connectivity index (χ1n) is 10.5. The number of hydrogen-bond acceptors (Lipinski definition) is 4. The van der Waals surface area contributed by atoms with Gasteiger partial charge in [0.15, 0.2) is 0 Å². The Kier molecular flexibility index (Phi) is 5.93. The van der Waals surface area contributed by atoms with Gasteiger partial charge in [-0.25, -0.2) is 4.79 Å². The van der Waals surface area contributed by atoms with E-state index in [9.17, 15) is 4.79 Å². The molecule has 0 aliphatic carbocycles. The molecule has 3 nitrogen and oxygen atoms in total. The zero-order valence-corrected chi connectivity index (χ0v) is 18.9. The molecule has 1 N–H and O–H groups in total. The highest BCUT2D eigenvalue weighted by atomic mass is 32.2. The summed E-state index contributed by atoms with van der Waals surface area (Å²) in [4.78, 5) is 13.1. The second-order valence-corrected chi connectivity index (χ2v) is 9.34. The van der Waals surface area contributed by atoms with Crippen LogP contribution in [0.5, 0.6) is 5.75 Å². The van der Waals surface area contributed by atoms with Gasteiger partial charge in [0.05, 0.1) is 0 Å². The Morgan fingerprint density at radius 3 is 2.34 bits per heavy atom. The van der Waals surface area contributed by atoms with Crippen molar-refractivity contribution in [2.24, 2.45) is 0 Å². The van der Waals surface area contributed by atoms with Gasteiger partial charge in [0, 0.05) is 17.2 Å². The molecular weight excluding hydrogens is 434 g/mol. The van der Waals surface area contributed by atoms with Gasteiger partial charge in [0.25, 0.3) is 0 Å². The van der Waals surface area contributed by atoms with E-state index in [-0.39, 0.29) is 11.9 Å². The highest BCUT2D eigenvalue weighted by Crippen LogP contribution is 2.43. The van der Waals surface area contributed by atoms with E-state index in [1.807, 2.05) is 60.7 Å². The van der Waals surface area contributed by atoms with Crippen LogP contribution in [0.15, 0.2) is 97.1 Å². The Morgan fingerprint density at radius 1 is 0.875 bits per heavy atom. The second kappa shape index (κ2) is 9.15. The number of benzene rings is 4. The molecule has 2 unspecified atom stereocenters. The normalized spacial score (nSPS) is 17.4. The maximum absolute atomic E-state index is 13.1. The van der Waals surface area contributed by atoms with Crippen LogP contribution in [-0.4, -0.2) is 16.3 Å². The fraction of sp³-hybridized carbons (Fsp3) is 0.111. The molecule has 158 valence electrons. The van der Waals surface area contributed by atoms with Crippen LogP contribution < -0.4 is 10.1 Å². The van der Waals surface area contributed by atoms with Crippen LogP contribution >= 0.6 is 24.0 Å². The smallest absolute Gasteiger partial charge is 0.334 e. The van der Waals surface area contributed by atoms with Crippen LogP contribution in [0.2, 0.25) is 0 Å². The molecule has 2 atom stereocenters. The van der Waals surface area contributed by atoms with E-state index in [0.29, 0.717) is 10.1 Å². The van der Waals surface area contributed by atoms with Gasteiger partial charge in [0.1, 0.15) is 16.1 Å². The Labute approximate surface area is 196 Å². The zero-order valence-electron chi connectivity index (χ0n) is 17.2. The Bertz CT molecular complexity index is 1270. The SMILES string of the molecule is O=C1Oc2ccc3ccccc3c2C(c2ccccc2)C1NC(=S)SCc1ccccc1. The van der Waals surface area contributed by atoms with Crippen molar-refractivity contribution in [3.63, 3.8) is 0 Å². The van der Waals surface area contributed by atoms with E-state index in [1.54, 1.807) is 0 Å². The molecule has 0 radical (unpaired) electrons. The molecule has 5 heteroatoms. The number of hydrogen-bond donors (Lipinski definition) is 1. The minimum atomic E-state index is -0.605. The monoisotopic (exact) mass is 455 g/mol. The molecule has 0 fully saturated rings. The molecule has 1 aliphatic rings. The van der Waals surface area contributed by atoms with E-state index in [0.717, 1.165) is 27.7 Å². The number of ether oxygens (including phenoxy) is 1. The third kappa shape index (κ3) is 4.14. The van der Waals surface area contributed by atoms with Crippen LogP contribution in [0.3, 0.4) is 0 Å². The topological polar surface area (TPSA) is 38.3 Å². The van der Waals surface area contributed by atoms with Crippen molar-refractivity contribution in [1.82, 2.24) is 5.32 Å². The van der Waals surface area contributed by atoms with Gasteiger partial charge in [-0.1, -0.05) is 115 Å². The third-order valence-corrected chi connectivity index (χ3v) is 7.01. The molecule has 32 heavy (non-hydrogen) atoms. The summed E-state index contributed by atoms with van der Waals surface area (Å²) in [6.45, 7) is 0. The van der Waals surface area contributed by atoms with Crippen molar-refractivity contribution < 1.29 is 9.53 Å². The standard InChI is InChI=1S/C27H21NO2S2/c29-26-25(28-27(31)32-17-18-9-3-1-4-10-18)23(20-12-5-2-6-13-20)24-21-14-8-7-11-19(21)15-16-22(24)30-26/h1-16,23,25H,17H2,(H,28,31). The summed E-state index contributed by atoms with van der Waals surface area (Å²) in [5.41, 5.74) is 3.25. The first-order valence-corrected chi connectivity index (χ1v) is 11.9. The molecule has 5 rings (SSSR count). The van der Waals surface area contributed by atoms with Gasteiger partial charge < -0.3 is 10.1 Å². The molecule has 0 saturated carbocycles. The first kappa shape index (κ1) is 20.7. The minimum Gasteiger partial charge on any atom is -0.425 e. The van der Waals surface area contributed by atoms with Crippen LogP contribution in [-0.2, 0) is 10.5 Å². The number of fused-ring (bicyclic) bond motifs is 3. The van der Waals surface area contributed by atoms with E-state index < -0.39 is 6.04 Å². The molecule has 4 aromatic carbocycles. The predicted octanol–water partition coefficient (Wildman–Crippen LogP) is 6.07. The maximum atomic E-state index is 13.1. The number of esters is 1. The van der Waals surface area contributed by atoms with Gasteiger partial charge in [0.2, 0.25) is 0 Å². The van der Waals surface area contributed by atoms with Gasteiger partial charge in [-0.2, -0.15) is 0 Å². The molecule has 1 heterocycles. The quantitative estimate of drug-likeness (QED) is 0.230. The van der Waals surface area contributed by atoms with Crippen molar-refractivity contribution in [3.8, 4) is 5.75 Å². The third-order valence-electron chi connectivity index (χ3n) is 5.68. The second-order valence-electron chi connectivity index (χ2n) is 7.69. The lowest BCUT2D eigenvalue weighted by Crippen LogP contribution is -2.48. The highest BCUT2D eigenvalue weighted by molar-refractivity contribution is 8.22. The molecule has 4 aromatic rings. The predicted molar refractivity (Wildman–Crippen MR) is 135 cm³/mol. The number of nitrogens with one attached hydrogen (secondary N) is 1. The zero-order chi connectivity index (χ0) is 21.9. The fourth-order valence-corrected chi connectivity index (χ4v) is 5.22. The van der Waals surface area contributed by atoms with E-state index in [2.05, 4.69) is 41.7 Å². The number of thiocarbonyl (C=S) groups is 1. The van der Waals surface area contributed by atoms with E-state index in [1.165, 1.54) is 17.3 Å². The number of carbonyl (C=O) groups is 1. The van der Waals surface area contributed by atoms with Gasteiger partial charge in [-0.05, 0) is 28.0 Å². The van der Waals surface area contributed by atoms with Gasteiger partial charge in [-0.15, -0.1) is 0 Å². The van der Waals surface area contributed by atoms with Gasteiger partial charge in [-0.3, -0.25) is 0 Å². The average molecular weight is 456 g/mol. The Hall–Kier alpha value is -3.15. The summed E-state index contributed by atoms with van der Waals surface area (Å²) in [7, 11) is 0. The molecule has 0 amide bonds. The average Bonchev–Trinajstić information content (AvgIpc) is 2.84. The summed E-state index contributed by atoms with van der Waals surface area (Å²) in [6.07, 6.45) is 0. The lowest BCUT2D eigenvalue weighted by Gasteiger charge is -2.34. The van der Waals surface area contributed by atoms with Crippen LogP contribution in [0.1, 0.15) is 22.6 Å². The summed E-state index contributed by atoms with van der Waals surface area (Å²) in [5, 5.41) is 5.51. The Morgan fingerprint density at radius 2 is 1.56 bits per heavy atom. The minimum absolute atomic E-state index is 0.214. The van der Waals surface area contributed by atoms with Crippen molar-refractivity contribution in [1.29, 1.82) is 0 Å². The molecule has 0 spiro atoms. The largest absolute Gasteiger partial charge is 0.425 e. The first-order chi connectivity index (χ1) is 15.7. The molecule has 1 aliphatic heterocycles. The van der Waals surface area contributed by atoms with Crippen LogP contribution in [0.25, 0.3) is 10.8 Å². The van der Waals surface area contributed by atoms with E-state index in [4.69, 9.17) is 17.0 Å². The van der Waals surface area contributed by atoms with Crippen molar-refractivity contribution in [2.45, 2.75) is 17.7 Å². The summed E-state index contributed by atoms with van der Waals surface area (Å²) in [5.74, 6) is 0.825. The van der Waals surface area contributed by atoms with Crippen molar-refractivity contribution >= 4 is 45.0 Å². The van der Waals surface area contributed by atoms with Gasteiger partial charge >= 0.3 is 5.97 Å². The molecule has 0 saturated heterocycles. The summed E-state index contributed by atoms with van der Waals surface area (Å²) in [6, 6.07) is 31.7. The fourth-order valence-electron chi connectivity index (χ4n) is 4.21. The van der Waals surface area contributed by atoms with Crippen molar-refractivity contribution in [2.75, 3.05) is 0 Å². The maximum Gasteiger partial charge on any atom is 0.334 e. The van der Waals surface area contributed by atoms with Crippen LogP contribution in [0, 0.1) is 0 Å². The highest BCUT2D eigenvalue weighted by Gasteiger charge is 2.40. The van der Waals surface area contributed by atoms with Crippen LogP contribution in [0.4, 0.5) is 0 Å². The number of rotatable bonds is 4. The van der Waals surface area contributed by atoms with E-state index >= 15 is 0 Å². The van der Waals surface area contributed by atoms with Crippen molar-refractivity contribution in [3.05, 3.63) is 114 Å². The molecule has 0 aromatic heterocycles. The Balaban J connectivity index is 1.51.